The van der Waals surface area contributed by atoms with Gasteiger partial charge in [0.25, 0.3) is 0 Å². The fourth-order valence-corrected chi connectivity index (χ4v) is 1.63. The summed E-state index contributed by atoms with van der Waals surface area (Å²) < 4.78 is 19.7. The Morgan fingerprint density at radius 3 is 2.12 bits per heavy atom. The Bertz CT molecular complexity index is 116. The van der Waals surface area contributed by atoms with Crippen LogP contribution in [-0.4, -0.2) is 13.2 Å². The summed E-state index contributed by atoms with van der Waals surface area (Å²) in [4.78, 5) is 0. The van der Waals surface area contributed by atoms with Crippen molar-refractivity contribution in [1.29, 1.82) is 0 Å². The predicted molar refractivity (Wildman–Crippen MR) is 30.0 cm³/mol. The minimum atomic E-state index is -3.11. The molecule has 0 aromatic carbocycles. The first-order valence-corrected chi connectivity index (χ1v) is 4.74. The molecule has 1 fully saturated rings. The van der Waals surface area contributed by atoms with Gasteiger partial charge < -0.3 is 0 Å². The number of halogens is 1. The van der Waals surface area contributed by atoms with Gasteiger partial charge in [-0.1, -0.05) is 0 Å². The average Bonchev–Trinajstić information content (AvgIpc) is 1.65. The first-order valence-electron chi connectivity index (χ1n) is 2.29. The van der Waals surface area contributed by atoms with Crippen molar-refractivity contribution in [2.45, 2.75) is 6.42 Å². The number of hydrogen-bond acceptors (Lipinski definition) is 3. The van der Waals surface area contributed by atoms with E-state index in [9.17, 15) is 4.57 Å². The van der Waals surface area contributed by atoms with Crippen LogP contribution in [0.1, 0.15) is 6.42 Å². The summed E-state index contributed by atoms with van der Waals surface area (Å²) in [6.07, 6.45) is 0.775. The highest BCUT2D eigenvalue weighted by atomic mass is 35.7. The molecule has 0 unspecified atom stereocenters. The molecular weight excluding hydrogens is 150 g/mol. The molecule has 0 aliphatic carbocycles. The summed E-state index contributed by atoms with van der Waals surface area (Å²) in [5.41, 5.74) is 0. The van der Waals surface area contributed by atoms with Crippen LogP contribution in [0.2, 0.25) is 0 Å². The molecule has 5 heteroatoms. The van der Waals surface area contributed by atoms with Crippen molar-refractivity contribution in [1.82, 2.24) is 0 Å². The largest absolute Gasteiger partial charge is 0.424 e. The Morgan fingerprint density at radius 1 is 1.38 bits per heavy atom. The van der Waals surface area contributed by atoms with Gasteiger partial charge in [-0.05, 0) is 6.42 Å². The Balaban J connectivity index is 2.45. The smallest absolute Gasteiger partial charge is 0.297 e. The van der Waals surface area contributed by atoms with E-state index in [-0.39, 0.29) is 0 Å². The molecule has 1 rings (SSSR count). The van der Waals surface area contributed by atoms with E-state index in [1.54, 1.807) is 0 Å². The SMILES string of the molecule is O=P1(Cl)OCCCO1. The molecule has 0 amide bonds. The maximum absolute atomic E-state index is 10.6. The van der Waals surface area contributed by atoms with Crippen LogP contribution in [-0.2, 0) is 13.6 Å². The van der Waals surface area contributed by atoms with Crippen LogP contribution in [0.25, 0.3) is 0 Å². The second-order valence-corrected chi connectivity index (χ2v) is 4.07. The summed E-state index contributed by atoms with van der Waals surface area (Å²) >= 11 is 5.18. The van der Waals surface area contributed by atoms with Gasteiger partial charge in [-0.15, -0.1) is 0 Å². The number of hydrogen-bond donors (Lipinski definition) is 0. The molecule has 1 saturated heterocycles. The third-order valence-electron chi connectivity index (χ3n) is 0.780. The van der Waals surface area contributed by atoms with Crippen molar-refractivity contribution in [2.75, 3.05) is 13.2 Å². The summed E-state index contributed by atoms with van der Waals surface area (Å²) in [5, 5.41) is 0. The molecule has 48 valence electrons. The second-order valence-electron chi connectivity index (χ2n) is 1.45. The van der Waals surface area contributed by atoms with E-state index >= 15 is 0 Å². The first kappa shape index (κ1) is 6.56. The Kier molecular flexibility index (Phi) is 1.93. The Morgan fingerprint density at radius 2 is 1.88 bits per heavy atom. The van der Waals surface area contributed by atoms with Crippen molar-refractivity contribution < 1.29 is 13.6 Å². The Labute approximate surface area is 52.2 Å². The minimum Gasteiger partial charge on any atom is -0.297 e. The van der Waals surface area contributed by atoms with E-state index in [4.69, 9.17) is 11.2 Å². The monoisotopic (exact) mass is 156 g/mol. The van der Waals surface area contributed by atoms with Crippen LogP contribution in [0.3, 0.4) is 0 Å². The van der Waals surface area contributed by atoms with Crippen molar-refractivity contribution in [2.24, 2.45) is 0 Å². The third kappa shape index (κ3) is 1.75. The van der Waals surface area contributed by atoms with Gasteiger partial charge in [-0.2, -0.15) is 0 Å². The molecule has 1 heterocycles. The fraction of sp³-hybridized carbons (Fsp3) is 1.00. The lowest BCUT2D eigenvalue weighted by Crippen LogP contribution is -2.04. The van der Waals surface area contributed by atoms with E-state index in [2.05, 4.69) is 9.05 Å². The van der Waals surface area contributed by atoms with Crippen molar-refractivity contribution >= 4 is 18.2 Å². The van der Waals surface area contributed by atoms with Crippen molar-refractivity contribution in [3.63, 3.8) is 0 Å². The highest BCUT2D eigenvalue weighted by molar-refractivity contribution is 7.81. The fourth-order valence-electron chi connectivity index (χ4n) is 0.443. The quantitative estimate of drug-likeness (QED) is 0.502. The van der Waals surface area contributed by atoms with Gasteiger partial charge in [-0.25, -0.2) is 4.57 Å². The van der Waals surface area contributed by atoms with E-state index in [0.29, 0.717) is 13.2 Å². The minimum absolute atomic E-state index is 0.445. The van der Waals surface area contributed by atoms with Gasteiger partial charge in [0.1, 0.15) is 0 Å². The maximum atomic E-state index is 10.6. The van der Waals surface area contributed by atoms with Crippen LogP contribution in [0.5, 0.6) is 0 Å². The summed E-state index contributed by atoms with van der Waals surface area (Å²) in [6, 6.07) is 0. The summed E-state index contributed by atoms with van der Waals surface area (Å²) in [5.74, 6) is 0. The molecule has 0 radical (unpaired) electrons. The van der Waals surface area contributed by atoms with Crippen LogP contribution in [0.4, 0.5) is 0 Å². The van der Waals surface area contributed by atoms with E-state index < -0.39 is 6.95 Å². The van der Waals surface area contributed by atoms with Gasteiger partial charge in [0.2, 0.25) is 0 Å². The molecule has 8 heavy (non-hydrogen) atoms. The average molecular weight is 157 g/mol. The van der Waals surface area contributed by atoms with E-state index in [1.807, 2.05) is 0 Å². The molecule has 0 spiro atoms. The third-order valence-corrected chi connectivity index (χ3v) is 2.35. The van der Waals surface area contributed by atoms with E-state index in [0.717, 1.165) is 6.42 Å². The molecule has 0 aromatic heterocycles. The molecule has 1 aliphatic heterocycles. The van der Waals surface area contributed by atoms with Crippen LogP contribution in [0, 0.1) is 0 Å². The van der Waals surface area contributed by atoms with Crippen molar-refractivity contribution in [3.05, 3.63) is 0 Å². The van der Waals surface area contributed by atoms with Crippen LogP contribution in [0.15, 0.2) is 0 Å². The van der Waals surface area contributed by atoms with Gasteiger partial charge in [0.05, 0.1) is 13.2 Å². The summed E-state index contributed by atoms with van der Waals surface area (Å²) in [6.45, 7) is -2.22. The molecule has 0 saturated carbocycles. The van der Waals surface area contributed by atoms with Gasteiger partial charge >= 0.3 is 6.95 Å². The lowest BCUT2D eigenvalue weighted by Gasteiger charge is -2.15. The first-order chi connectivity index (χ1) is 3.71. The predicted octanol–water partition coefficient (Wildman–Crippen LogP) is 1.77. The lowest BCUT2D eigenvalue weighted by atomic mass is 10.5. The molecule has 3 nitrogen and oxygen atoms in total. The topological polar surface area (TPSA) is 35.5 Å². The zero-order valence-electron chi connectivity index (χ0n) is 4.17. The lowest BCUT2D eigenvalue weighted by molar-refractivity contribution is 0.158. The zero-order valence-corrected chi connectivity index (χ0v) is 5.82. The number of rotatable bonds is 0. The van der Waals surface area contributed by atoms with Gasteiger partial charge in [0, 0.05) is 11.2 Å². The van der Waals surface area contributed by atoms with Crippen LogP contribution < -0.4 is 0 Å². The molecule has 0 bridgehead atoms. The van der Waals surface area contributed by atoms with Crippen molar-refractivity contribution in [3.8, 4) is 0 Å². The highest BCUT2D eigenvalue weighted by Crippen LogP contribution is 2.55. The molecular formula is C3H6ClO3P. The molecule has 1 aliphatic rings. The Hall–Kier alpha value is 0.440. The standard InChI is InChI=1S/C3H6ClO3P/c4-8(5)6-2-1-3-7-8/h1-3H2. The molecule has 0 atom stereocenters. The van der Waals surface area contributed by atoms with Gasteiger partial charge in [0.15, 0.2) is 0 Å². The zero-order chi connectivity index (χ0) is 6.04. The van der Waals surface area contributed by atoms with Crippen LogP contribution >= 0.6 is 18.2 Å². The second kappa shape index (κ2) is 2.36. The summed E-state index contributed by atoms with van der Waals surface area (Å²) in [7, 11) is 0. The normalized spacial score (nSPS) is 27.6. The molecule has 0 aromatic rings. The highest BCUT2D eigenvalue weighted by Gasteiger charge is 2.23. The maximum Gasteiger partial charge on any atom is 0.424 e. The van der Waals surface area contributed by atoms with Gasteiger partial charge in [-0.3, -0.25) is 9.05 Å². The van der Waals surface area contributed by atoms with E-state index in [1.165, 1.54) is 0 Å². The molecule has 0 N–H and O–H groups in total.